The summed E-state index contributed by atoms with van der Waals surface area (Å²) in [5, 5.41) is 10.1. The van der Waals surface area contributed by atoms with E-state index in [-0.39, 0.29) is 5.56 Å². The summed E-state index contributed by atoms with van der Waals surface area (Å²) >= 11 is 0. The molecule has 19 heavy (non-hydrogen) atoms. The predicted octanol–water partition coefficient (Wildman–Crippen LogP) is 2.87. The van der Waals surface area contributed by atoms with Gasteiger partial charge in [0, 0.05) is 18.7 Å². The van der Waals surface area contributed by atoms with Crippen molar-refractivity contribution in [3.8, 4) is 0 Å². The minimum atomic E-state index is -0.953. The molecule has 1 aliphatic heterocycles. The Morgan fingerprint density at radius 1 is 1.26 bits per heavy atom. The number of β-amino-alcohol motifs (C(OH)–C–C–N with tert-alkyl or cyclic N) is 1. The van der Waals surface area contributed by atoms with E-state index < -0.39 is 17.7 Å². The van der Waals surface area contributed by atoms with Crippen molar-refractivity contribution in [1.29, 1.82) is 0 Å². The van der Waals surface area contributed by atoms with Crippen molar-refractivity contribution in [3.63, 3.8) is 0 Å². The summed E-state index contributed by atoms with van der Waals surface area (Å²) in [5.41, 5.74) is 0.523. The van der Waals surface area contributed by atoms with Gasteiger partial charge in [0.15, 0.2) is 0 Å². The molecule has 1 aromatic rings. The highest BCUT2D eigenvalue weighted by Crippen LogP contribution is 2.48. The van der Waals surface area contributed by atoms with E-state index in [2.05, 4.69) is 4.90 Å². The Kier molecular flexibility index (Phi) is 3.31. The molecule has 0 radical (unpaired) electrons. The molecule has 2 nitrogen and oxygen atoms in total. The molecular formula is C15H19F2NO. The summed E-state index contributed by atoms with van der Waals surface area (Å²) in [5.74, 6) is -1.04. The van der Waals surface area contributed by atoms with Crippen molar-refractivity contribution in [1.82, 2.24) is 4.90 Å². The molecule has 0 amide bonds. The van der Waals surface area contributed by atoms with Crippen LogP contribution in [0.1, 0.15) is 37.4 Å². The number of rotatable bonds is 3. The summed E-state index contributed by atoms with van der Waals surface area (Å²) < 4.78 is 26.7. The molecule has 3 rings (SSSR count). The van der Waals surface area contributed by atoms with Crippen LogP contribution in [-0.2, 0) is 0 Å². The zero-order chi connectivity index (χ0) is 13.5. The number of halogens is 2. The standard InChI is InChI=1S/C15H19F2NO/c16-11-2-3-13(17)12(8-11)14(19)9-18-7-6-15(10-18)4-1-5-15/h2-3,8,14,19H,1,4-7,9-10H2. The van der Waals surface area contributed by atoms with Gasteiger partial charge in [-0.25, -0.2) is 8.78 Å². The van der Waals surface area contributed by atoms with E-state index in [0.29, 0.717) is 12.0 Å². The van der Waals surface area contributed by atoms with Crippen molar-refractivity contribution in [2.75, 3.05) is 19.6 Å². The number of likely N-dealkylation sites (tertiary alicyclic amines) is 1. The van der Waals surface area contributed by atoms with E-state index >= 15 is 0 Å². The van der Waals surface area contributed by atoms with Crippen molar-refractivity contribution in [3.05, 3.63) is 35.4 Å². The first-order valence-electron chi connectivity index (χ1n) is 6.93. The molecule has 1 heterocycles. The Bertz CT molecular complexity index is 473. The maximum atomic E-state index is 13.6. The fourth-order valence-electron chi connectivity index (χ4n) is 3.38. The highest BCUT2D eigenvalue weighted by atomic mass is 19.1. The molecule has 1 atom stereocenters. The Balaban J connectivity index is 1.65. The molecule has 1 aromatic carbocycles. The minimum Gasteiger partial charge on any atom is -0.387 e. The zero-order valence-corrected chi connectivity index (χ0v) is 10.9. The van der Waals surface area contributed by atoms with Gasteiger partial charge in [-0.05, 0) is 49.4 Å². The average molecular weight is 267 g/mol. The van der Waals surface area contributed by atoms with Crippen LogP contribution in [0.3, 0.4) is 0 Å². The molecule has 2 aliphatic rings. The lowest BCUT2D eigenvalue weighted by atomic mass is 9.68. The third-order valence-electron chi connectivity index (χ3n) is 4.68. The first-order chi connectivity index (χ1) is 9.08. The van der Waals surface area contributed by atoms with Gasteiger partial charge in [-0.3, -0.25) is 4.90 Å². The smallest absolute Gasteiger partial charge is 0.129 e. The minimum absolute atomic E-state index is 0.0644. The molecule has 1 N–H and O–H groups in total. The van der Waals surface area contributed by atoms with Crippen LogP contribution in [0.2, 0.25) is 0 Å². The lowest BCUT2D eigenvalue weighted by molar-refractivity contribution is 0.0960. The highest BCUT2D eigenvalue weighted by Gasteiger charge is 2.42. The maximum Gasteiger partial charge on any atom is 0.129 e. The van der Waals surface area contributed by atoms with Crippen LogP contribution in [0.5, 0.6) is 0 Å². The number of hydrogen-bond donors (Lipinski definition) is 1. The molecule has 104 valence electrons. The van der Waals surface area contributed by atoms with Gasteiger partial charge in [-0.1, -0.05) is 6.42 Å². The molecule has 0 aromatic heterocycles. The predicted molar refractivity (Wildman–Crippen MR) is 68.7 cm³/mol. The Hall–Kier alpha value is -1.00. The molecule has 1 spiro atoms. The third kappa shape index (κ3) is 2.51. The van der Waals surface area contributed by atoms with Crippen molar-refractivity contribution < 1.29 is 13.9 Å². The number of nitrogens with zero attached hydrogens (tertiary/aromatic N) is 1. The SMILES string of the molecule is OC(CN1CCC2(CCC2)C1)c1cc(F)ccc1F. The van der Waals surface area contributed by atoms with Crippen LogP contribution >= 0.6 is 0 Å². The van der Waals surface area contributed by atoms with Gasteiger partial charge in [0.05, 0.1) is 6.10 Å². The lowest BCUT2D eigenvalue weighted by Gasteiger charge is -2.38. The number of aliphatic hydroxyl groups excluding tert-OH is 1. The fourth-order valence-corrected chi connectivity index (χ4v) is 3.38. The van der Waals surface area contributed by atoms with Crippen LogP contribution < -0.4 is 0 Å². The van der Waals surface area contributed by atoms with Gasteiger partial charge in [-0.15, -0.1) is 0 Å². The summed E-state index contributed by atoms with van der Waals surface area (Å²) in [7, 11) is 0. The summed E-state index contributed by atoms with van der Waals surface area (Å²) in [6, 6.07) is 3.24. The quantitative estimate of drug-likeness (QED) is 0.910. The number of benzene rings is 1. The summed E-state index contributed by atoms with van der Waals surface area (Å²) in [4.78, 5) is 2.17. The van der Waals surface area contributed by atoms with Gasteiger partial charge in [0.1, 0.15) is 11.6 Å². The number of hydrogen-bond acceptors (Lipinski definition) is 2. The van der Waals surface area contributed by atoms with E-state index in [4.69, 9.17) is 0 Å². The van der Waals surface area contributed by atoms with E-state index in [0.717, 1.165) is 31.3 Å². The van der Waals surface area contributed by atoms with Gasteiger partial charge in [-0.2, -0.15) is 0 Å². The molecule has 4 heteroatoms. The van der Waals surface area contributed by atoms with E-state index in [9.17, 15) is 13.9 Å². The molecular weight excluding hydrogens is 248 g/mol. The summed E-state index contributed by atoms with van der Waals surface area (Å²) in [6.07, 6.45) is 4.06. The van der Waals surface area contributed by atoms with Crippen LogP contribution in [-0.4, -0.2) is 29.6 Å². The Morgan fingerprint density at radius 2 is 2.05 bits per heavy atom. The second-order valence-electron chi connectivity index (χ2n) is 6.02. The molecule has 1 saturated heterocycles. The van der Waals surface area contributed by atoms with Gasteiger partial charge in [0.2, 0.25) is 0 Å². The molecule has 1 unspecified atom stereocenters. The molecule has 2 fully saturated rings. The van der Waals surface area contributed by atoms with Gasteiger partial charge < -0.3 is 5.11 Å². The maximum absolute atomic E-state index is 13.6. The van der Waals surface area contributed by atoms with Crippen LogP contribution in [0.25, 0.3) is 0 Å². The second-order valence-corrected chi connectivity index (χ2v) is 6.02. The monoisotopic (exact) mass is 267 g/mol. The fraction of sp³-hybridized carbons (Fsp3) is 0.600. The average Bonchev–Trinajstić information content (AvgIpc) is 2.76. The van der Waals surface area contributed by atoms with Crippen LogP contribution in [0, 0.1) is 17.0 Å². The molecule has 0 bridgehead atoms. The zero-order valence-electron chi connectivity index (χ0n) is 10.9. The summed E-state index contributed by atoms with van der Waals surface area (Å²) in [6.45, 7) is 2.33. The van der Waals surface area contributed by atoms with Crippen LogP contribution in [0.4, 0.5) is 8.78 Å². The normalized spacial score (nSPS) is 23.5. The third-order valence-corrected chi connectivity index (χ3v) is 4.68. The number of aliphatic hydroxyl groups is 1. The Labute approximate surface area is 112 Å². The lowest BCUT2D eigenvalue weighted by Crippen LogP contribution is -2.34. The van der Waals surface area contributed by atoms with Crippen molar-refractivity contribution in [2.45, 2.75) is 31.8 Å². The first-order valence-corrected chi connectivity index (χ1v) is 6.93. The first kappa shape index (κ1) is 13.0. The second kappa shape index (κ2) is 4.84. The van der Waals surface area contributed by atoms with Crippen molar-refractivity contribution >= 4 is 0 Å². The van der Waals surface area contributed by atoms with Crippen molar-refractivity contribution in [2.24, 2.45) is 5.41 Å². The topological polar surface area (TPSA) is 23.5 Å². The molecule has 1 aliphatic carbocycles. The molecule has 1 saturated carbocycles. The largest absolute Gasteiger partial charge is 0.387 e. The highest BCUT2D eigenvalue weighted by molar-refractivity contribution is 5.21. The van der Waals surface area contributed by atoms with Gasteiger partial charge in [0.25, 0.3) is 0 Å². The van der Waals surface area contributed by atoms with E-state index in [1.165, 1.54) is 25.7 Å². The van der Waals surface area contributed by atoms with Crippen LogP contribution in [0.15, 0.2) is 18.2 Å². The van der Waals surface area contributed by atoms with E-state index in [1.54, 1.807) is 0 Å². The Morgan fingerprint density at radius 3 is 2.68 bits per heavy atom. The van der Waals surface area contributed by atoms with Gasteiger partial charge >= 0.3 is 0 Å². The van der Waals surface area contributed by atoms with E-state index in [1.807, 2.05) is 0 Å².